The first-order valence-corrected chi connectivity index (χ1v) is 8.74. The van der Waals surface area contributed by atoms with Gasteiger partial charge in [-0.3, -0.25) is 4.79 Å². The normalized spacial score (nSPS) is 28.3. The molecule has 1 aromatic carbocycles. The molecule has 1 saturated carbocycles. The molecule has 22 heavy (non-hydrogen) atoms. The van der Waals surface area contributed by atoms with Crippen LogP contribution in [0.25, 0.3) is 0 Å². The zero-order chi connectivity index (χ0) is 15.5. The topological polar surface area (TPSA) is 46.3 Å². The number of amides is 1. The summed E-state index contributed by atoms with van der Waals surface area (Å²) in [5, 5.41) is 0. The minimum atomic E-state index is 0.238. The van der Waals surface area contributed by atoms with Gasteiger partial charge in [-0.05, 0) is 50.5 Å². The van der Waals surface area contributed by atoms with Gasteiger partial charge in [-0.2, -0.15) is 0 Å². The Balaban J connectivity index is 1.60. The highest BCUT2D eigenvalue weighted by Crippen LogP contribution is 2.29. The molecule has 120 valence electrons. The van der Waals surface area contributed by atoms with Crippen LogP contribution >= 0.6 is 0 Å². The first-order chi connectivity index (χ1) is 10.6. The van der Waals surface area contributed by atoms with Gasteiger partial charge in [-0.25, -0.2) is 0 Å². The maximum atomic E-state index is 12.7. The van der Waals surface area contributed by atoms with E-state index in [-0.39, 0.29) is 6.04 Å². The van der Waals surface area contributed by atoms with Crippen LogP contribution in [-0.4, -0.2) is 29.4 Å². The van der Waals surface area contributed by atoms with Crippen LogP contribution in [0.15, 0.2) is 24.3 Å². The Morgan fingerprint density at radius 3 is 2.64 bits per heavy atom. The van der Waals surface area contributed by atoms with E-state index in [0.717, 1.165) is 38.6 Å². The number of nitrogens with two attached hydrogens (primary N) is 1. The minimum Gasteiger partial charge on any atom is -0.339 e. The summed E-state index contributed by atoms with van der Waals surface area (Å²) >= 11 is 0. The van der Waals surface area contributed by atoms with Gasteiger partial charge in [-0.1, -0.05) is 36.2 Å². The van der Waals surface area contributed by atoms with Crippen molar-refractivity contribution >= 4 is 5.91 Å². The van der Waals surface area contributed by atoms with E-state index in [2.05, 4.69) is 36.1 Å². The van der Waals surface area contributed by atoms with Crippen LogP contribution in [-0.2, 0) is 11.2 Å². The molecule has 0 spiro atoms. The predicted molar refractivity (Wildman–Crippen MR) is 89.6 cm³/mol. The van der Waals surface area contributed by atoms with Gasteiger partial charge in [0.05, 0.1) is 0 Å². The number of benzene rings is 1. The van der Waals surface area contributed by atoms with Gasteiger partial charge in [0.2, 0.25) is 5.91 Å². The number of aryl methyl sites for hydroxylation is 1. The van der Waals surface area contributed by atoms with Crippen molar-refractivity contribution in [3.05, 3.63) is 35.4 Å². The predicted octanol–water partition coefficient (Wildman–Crippen LogP) is 3.05. The molecule has 1 aliphatic carbocycles. The molecular weight excluding hydrogens is 272 g/mol. The van der Waals surface area contributed by atoms with Gasteiger partial charge in [0, 0.05) is 25.0 Å². The first kappa shape index (κ1) is 15.5. The number of carbonyl (C=O) groups is 1. The van der Waals surface area contributed by atoms with Crippen molar-refractivity contribution in [1.82, 2.24) is 4.90 Å². The molecule has 3 rings (SSSR count). The SMILES string of the molecule is Cc1ccc(CC2CCCN2C(=O)C[C@@H]2CCC[C@H]2N)cc1. The van der Waals surface area contributed by atoms with Gasteiger partial charge >= 0.3 is 0 Å². The van der Waals surface area contributed by atoms with Crippen LogP contribution in [0.3, 0.4) is 0 Å². The molecule has 0 bridgehead atoms. The lowest BCUT2D eigenvalue weighted by Crippen LogP contribution is -2.39. The highest BCUT2D eigenvalue weighted by Gasteiger charge is 2.32. The van der Waals surface area contributed by atoms with Gasteiger partial charge in [-0.15, -0.1) is 0 Å². The number of hydrogen-bond donors (Lipinski definition) is 1. The third kappa shape index (κ3) is 3.52. The van der Waals surface area contributed by atoms with Crippen molar-refractivity contribution in [2.24, 2.45) is 11.7 Å². The summed E-state index contributed by atoms with van der Waals surface area (Å²) in [5.74, 6) is 0.741. The fourth-order valence-corrected chi connectivity index (χ4v) is 4.03. The summed E-state index contributed by atoms with van der Waals surface area (Å²) < 4.78 is 0. The van der Waals surface area contributed by atoms with Crippen LogP contribution < -0.4 is 5.73 Å². The molecule has 1 heterocycles. The molecule has 1 saturated heterocycles. The smallest absolute Gasteiger partial charge is 0.223 e. The van der Waals surface area contributed by atoms with E-state index < -0.39 is 0 Å². The van der Waals surface area contributed by atoms with E-state index in [4.69, 9.17) is 5.73 Å². The number of hydrogen-bond acceptors (Lipinski definition) is 2. The lowest BCUT2D eigenvalue weighted by atomic mass is 9.98. The molecule has 3 nitrogen and oxygen atoms in total. The average molecular weight is 300 g/mol. The van der Waals surface area contributed by atoms with E-state index in [1.54, 1.807) is 0 Å². The summed E-state index contributed by atoms with van der Waals surface area (Å²) in [5.41, 5.74) is 8.76. The van der Waals surface area contributed by atoms with E-state index in [9.17, 15) is 4.79 Å². The van der Waals surface area contributed by atoms with Crippen molar-refractivity contribution in [2.45, 2.75) is 64.0 Å². The highest BCUT2D eigenvalue weighted by molar-refractivity contribution is 5.77. The Hall–Kier alpha value is -1.35. The van der Waals surface area contributed by atoms with Crippen LogP contribution in [0, 0.1) is 12.8 Å². The Kier molecular flexibility index (Phi) is 4.82. The summed E-state index contributed by atoms with van der Waals surface area (Å²) in [7, 11) is 0. The summed E-state index contributed by atoms with van der Waals surface area (Å²) in [6, 6.07) is 9.34. The maximum Gasteiger partial charge on any atom is 0.223 e. The second-order valence-corrected chi connectivity index (χ2v) is 7.13. The molecule has 1 amide bonds. The van der Waals surface area contributed by atoms with Crippen LogP contribution in [0.4, 0.5) is 0 Å². The number of nitrogens with zero attached hydrogens (tertiary/aromatic N) is 1. The Labute approximate surface area is 133 Å². The quantitative estimate of drug-likeness (QED) is 0.929. The second-order valence-electron chi connectivity index (χ2n) is 7.13. The molecule has 3 heteroatoms. The van der Waals surface area contributed by atoms with Crippen LogP contribution in [0.5, 0.6) is 0 Å². The zero-order valence-corrected chi connectivity index (χ0v) is 13.6. The van der Waals surface area contributed by atoms with Crippen LogP contribution in [0.2, 0.25) is 0 Å². The average Bonchev–Trinajstić information content (AvgIpc) is 3.11. The Morgan fingerprint density at radius 1 is 1.18 bits per heavy atom. The monoisotopic (exact) mass is 300 g/mol. The third-order valence-corrected chi connectivity index (χ3v) is 5.44. The lowest BCUT2D eigenvalue weighted by molar-refractivity contribution is -0.133. The molecule has 3 atom stereocenters. The maximum absolute atomic E-state index is 12.7. The van der Waals surface area contributed by atoms with E-state index in [0.29, 0.717) is 24.3 Å². The lowest BCUT2D eigenvalue weighted by Gasteiger charge is -2.27. The van der Waals surface area contributed by atoms with Crippen molar-refractivity contribution < 1.29 is 4.79 Å². The number of carbonyl (C=O) groups excluding carboxylic acids is 1. The highest BCUT2D eigenvalue weighted by atomic mass is 16.2. The number of rotatable bonds is 4. The van der Waals surface area contributed by atoms with Gasteiger partial charge in [0.25, 0.3) is 0 Å². The van der Waals surface area contributed by atoms with Crippen molar-refractivity contribution in [3.8, 4) is 0 Å². The van der Waals surface area contributed by atoms with Gasteiger partial charge in [0.1, 0.15) is 0 Å². The van der Waals surface area contributed by atoms with Crippen molar-refractivity contribution in [2.75, 3.05) is 6.54 Å². The molecular formula is C19H28N2O. The van der Waals surface area contributed by atoms with Crippen molar-refractivity contribution in [1.29, 1.82) is 0 Å². The largest absolute Gasteiger partial charge is 0.339 e. The molecule has 1 aliphatic heterocycles. The Bertz CT molecular complexity index is 511. The molecule has 1 unspecified atom stereocenters. The number of likely N-dealkylation sites (tertiary alicyclic amines) is 1. The van der Waals surface area contributed by atoms with Gasteiger partial charge < -0.3 is 10.6 Å². The van der Waals surface area contributed by atoms with E-state index in [1.807, 2.05) is 0 Å². The minimum absolute atomic E-state index is 0.238. The molecule has 2 aliphatic rings. The van der Waals surface area contributed by atoms with E-state index in [1.165, 1.54) is 17.5 Å². The molecule has 1 aromatic rings. The Morgan fingerprint density at radius 2 is 1.95 bits per heavy atom. The molecule has 2 fully saturated rings. The molecule has 0 aromatic heterocycles. The molecule has 0 radical (unpaired) electrons. The zero-order valence-electron chi connectivity index (χ0n) is 13.6. The molecule has 2 N–H and O–H groups in total. The van der Waals surface area contributed by atoms with Gasteiger partial charge in [0.15, 0.2) is 0 Å². The van der Waals surface area contributed by atoms with E-state index >= 15 is 0 Å². The first-order valence-electron chi connectivity index (χ1n) is 8.74. The van der Waals surface area contributed by atoms with Crippen LogP contribution in [0.1, 0.15) is 49.7 Å². The standard InChI is InChI=1S/C19H28N2O/c1-14-7-9-15(10-8-14)12-17-5-3-11-21(17)19(22)13-16-4-2-6-18(16)20/h7-10,16-18H,2-6,11-13,20H2,1H3/t16-,17?,18+/m0/s1. The fourth-order valence-electron chi connectivity index (χ4n) is 4.03. The van der Waals surface area contributed by atoms with Crippen molar-refractivity contribution in [3.63, 3.8) is 0 Å². The summed E-state index contributed by atoms with van der Waals surface area (Å²) in [6.07, 6.45) is 7.32. The summed E-state index contributed by atoms with van der Waals surface area (Å²) in [6.45, 7) is 3.04. The summed E-state index contributed by atoms with van der Waals surface area (Å²) in [4.78, 5) is 14.8. The third-order valence-electron chi connectivity index (χ3n) is 5.44. The fraction of sp³-hybridized carbons (Fsp3) is 0.632. The second kappa shape index (κ2) is 6.82.